The molecule has 2 amide bonds. The van der Waals surface area contributed by atoms with E-state index in [4.69, 9.17) is 14.0 Å². The molecule has 1 rings (SSSR count). The maximum absolute atomic E-state index is 12.5. The summed E-state index contributed by atoms with van der Waals surface area (Å²) in [5, 5.41) is 3.93. The summed E-state index contributed by atoms with van der Waals surface area (Å²) in [4.78, 5) is 25.6. The number of imide groups is 1. The van der Waals surface area contributed by atoms with Crippen LogP contribution < -0.4 is 4.90 Å². The number of ether oxygens (including phenoxy) is 2. The molecule has 7 nitrogen and oxygen atoms in total. The molecule has 0 aromatic carbocycles. The van der Waals surface area contributed by atoms with Gasteiger partial charge in [-0.05, 0) is 41.5 Å². The molecule has 0 aliphatic rings. The third kappa shape index (κ3) is 5.86. The van der Waals surface area contributed by atoms with E-state index in [1.165, 1.54) is 6.07 Å². The molecule has 24 heavy (non-hydrogen) atoms. The molecular weight excluding hydrogens is 312 g/mol. The molecule has 0 bridgehead atoms. The van der Waals surface area contributed by atoms with Crippen LogP contribution in [0.4, 0.5) is 15.5 Å². The largest absolute Gasteiger partial charge is 0.443 e. The Kier molecular flexibility index (Phi) is 5.38. The Bertz CT molecular complexity index is 572. The van der Waals surface area contributed by atoms with Crippen molar-refractivity contribution >= 4 is 18.1 Å². The molecule has 1 aromatic rings. The van der Waals surface area contributed by atoms with Crippen molar-refractivity contribution in [2.45, 2.75) is 78.9 Å². The van der Waals surface area contributed by atoms with Crippen LogP contribution in [0.3, 0.4) is 0 Å². The van der Waals surface area contributed by atoms with Crippen LogP contribution >= 0.6 is 0 Å². The molecule has 7 heteroatoms. The molecule has 0 unspecified atom stereocenters. The van der Waals surface area contributed by atoms with E-state index in [1.54, 1.807) is 41.5 Å². The highest BCUT2D eigenvalue weighted by Gasteiger charge is 2.36. The maximum atomic E-state index is 12.5. The third-order valence-corrected chi connectivity index (χ3v) is 2.64. The molecule has 0 aliphatic heterocycles. The van der Waals surface area contributed by atoms with Crippen LogP contribution in [-0.4, -0.2) is 28.5 Å². The smallest absolute Gasteiger partial charge is 0.427 e. The SMILES string of the molecule is CC(C)(C)OC(=O)N(C(=O)OC(C)(C)C)c1cc(C(C)(C)C)no1. The van der Waals surface area contributed by atoms with Crippen molar-refractivity contribution in [3.05, 3.63) is 11.8 Å². The minimum atomic E-state index is -0.881. The Morgan fingerprint density at radius 2 is 1.33 bits per heavy atom. The van der Waals surface area contributed by atoms with Gasteiger partial charge in [-0.15, -0.1) is 4.90 Å². The quantitative estimate of drug-likeness (QED) is 0.740. The summed E-state index contributed by atoms with van der Waals surface area (Å²) in [6.07, 6.45) is -1.76. The summed E-state index contributed by atoms with van der Waals surface area (Å²) in [7, 11) is 0. The summed E-state index contributed by atoms with van der Waals surface area (Å²) in [6.45, 7) is 16.1. The zero-order chi connectivity index (χ0) is 18.9. The highest BCUT2D eigenvalue weighted by atomic mass is 16.6. The van der Waals surface area contributed by atoms with Crippen LogP contribution in [0.15, 0.2) is 10.6 Å². The van der Waals surface area contributed by atoms with Gasteiger partial charge in [0.25, 0.3) is 0 Å². The number of rotatable bonds is 1. The summed E-state index contributed by atoms with van der Waals surface area (Å²) >= 11 is 0. The lowest BCUT2D eigenvalue weighted by molar-refractivity contribution is 0.0419. The number of aromatic nitrogens is 1. The minimum Gasteiger partial charge on any atom is -0.443 e. The summed E-state index contributed by atoms with van der Waals surface area (Å²) in [5.74, 6) is -0.0385. The standard InChI is InChI=1S/C17H28N2O5/c1-15(2,3)11-10-12(24-18-11)19(13(20)22-16(4,5)6)14(21)23-17(7,8)9/h10H,1-9H3. The Morgan fingerprint density at radius 1 is 0.917 bits per heavy atom. The first-order valence-electron chi connectivity index (χ1n) is 7.83. The zero-order valence-corrected chi connectivity index (χ0v) is 16.0. The van der Waals surface area contributed by atoms with E-state index < -0.39 is 23.4 Å². The monoisotopic (exact) mass is 340 g/mol. The van der Waals surface area contributed by atoms with Crippen LogP contribution in [0.1, 0.15) is 68.0 Å². The van der Waals surface area contributed by atoms with Gasteiger partial charge in [-0.25, -0.2) is 9.59 Å². The molecule has 0 saturated carbocycles. The molecule has 0 aliphatic carbocycles. The van der Waals surface area contributed by atoms with Crippen molar-refractivity contribution < 1.29 is 23.6 Å². The predicted molar refractivity (Wildman–Crippen MR) is 90.2 cm³/mol. The lowest BCUT2D eigenvalue weighted by Gasteiger charge is -2.26. The van der Waals surface area contributed by atoms with Crippen molar-refractivity contribution in [1.29, 1.82) is 0 Å². The fourth-order valence-electron chi connectivity index (χ4n) is 1.59. The second kappa shape index (κ2) is 6.45. The summed E-state index contributed by atoms with van der Waals surface area (Å²) in [6, 6.07) is 1.54. The Balaban J connectivity index is 3.20. The Hall–Kier alpha value is -2.05. The van der Waals surface area contributed by atoms with Crippen LogP contribution in [0, 0.1) is 0 Å². The predicted octanol–water partition coefficient (Wildman–Crippen LogP) is 4.65. The highest BCUT2D eigenvalue weighted by molar-refractivity contribution is 6.08. The van der Waals surface area contributed by atoms with Gasteiger partial charge in [0, 0.05) is 11.5 Å². The lowest BCUT2D eigenvalue weighted by atomic mass is 9.92. The van der Waals surface area contributed by atoms with E-state index >= 15 is 0 Å². The highest BCUT2D eigenvalue weighted by Crippen LogP contribution is 2.28. The molecule has 0 saturated heterocycles. The molecule has 136 valence electrons. The molecule has 0 atom stereocenters. The second-order valence-corrected chi connectivity index (χ2v) is 8.60. The second-order valence-electron chi connectivity index (χ2n) is 8.60. The lowest BCUT2D eigenvalue weighted by Crippen LogP contribution is -2.43. The minimum absolute atomic E-state index is 0.0385. The van der Waals surface area contributed by atoms with Gasteiger partial charge >= 0.3 is 12.2 Å². The van der Waals surface area contributed by atoms with Gasteiger partial charge in [-0.3, -0.25) is 0 Å². The van der Waals surface area contributed by atoms with E-state index in [9.17, 15) is 9.59 Å². The third-order valence-electron chi connectivity index (χ3n) is 2.64. The topological polar surface area (TPSA) is 81.9 Å². The number of anilines is 1. The Morgan fingerprint density at radius 3 is 1.62 bits per heavy atom. The number of nitrogens with zero attached hydrogens (tertiary/aromatic N) is 2. The van der Waals surface area contributed by atoms with Gasteiger partial charge in [0.15, 0.2) is 0 Å². The number of hydrogen-bond donors (Lipinski definition) is 0. The fraction of sp³-hybridized carbons (Fsp3) is 0.706. The van der Waals surface area contributed by atoms with Gasteiger partial charge in [0.05, 0.1) is 5.69 Å². The Labute approximate surface area is 143 Å². The van der Waals surface area contributed by atoms with E-state index in [0.717, 1.165) is 4.90 Å². The summed E-state index contributed by atoms with van der Waals surface area (Å²) < 4.78 is 15.8. The fourth-order valence-corrected chi connectivity index (χ4v) is 1.59. The van der Waals surface area contributed by atoms with Gasteiger partial charge in [-0.2, -0.15) is 0 Å². The zero-order valence-electron chi connectivity index (χ0n) is 16.0. The normalized spacial score (nSPS) is 12.7. The van der Waals surface area contributed by atoms with E-state index in [2.05, 4.69) is 5.16 Å². The molecular formula is C17H28N2O5. The van der Waals surface area contributed by atoms with Crippen LogP contribution in [0.2, 0.25) is 0 Å². The summed E-state index contributed by atoms with van der Waals surface area (Å²) in [5.41, 5.74) is -1.24. The van der Waals surface area contributed by atoms with Gasteiger partial charge in [0.2, 0.25) is 5.88 Å². The van der Waals surface area contributed by atoms with Crippen molar-refractivity contribution in [3.63, 3.8) is 0 Å². The van der Waals surface area contributed by atoms with Gasteiger partial charge < -0.3 is 14.0 Å². The van der Waals surface area contributed by atoms with Crippen molar-refractivity contribution in [2.24, 2.45) is 0 Å². The molecule has 1 heterocycles. The molecule has 0 N–H and O–H groups in total. The van der Waals surface area contributed by atoms with Crippen molar-refractivity contribution in [2.75, 3.05) is 4.90 Å². The van der Waals surface area contributed by atoms with Crippen molar-refractivity contribution in [1.82, 2.24) is 5.16 Å². The van der Waals surface area contributed by atoms with E-state index in [1.807, 2.05) is 20.8 Å². The first-order chi connectivity index (χ1) is 10.6. The molecule has 0 radical (unpaired) electrons. The van der Waals surface area contributed by atoms with Crippen LogP contribution in [0.5, 0.6) is 0 Å². The van der Waals surface area contributed by atoms with E-state index in [0.29, 0.717) is 5.69 Å². The number of hydrogen-bond acceptors (Lipinski definition) is 6. The first kappa shape index (κ1) is 20.0. The number of carbonyl (C=O) groups is 2. The first-order valence-corrected chi connectivity index (χ1v) is 7.83. The average Bonchev–Trinajstić information content (AvgIpc) is 2.72. The van der Waals surface area contributed by atoms with Crippen LogP contribution in [0.25, 0.3) is 0 Å². The van der Waals surface area contributed by atoms with Gasteiger partial charge in [-0.1, -0.05) is 25.9 Å². The van der Waals surface area contributed by atoms with Gasteiger partial charge in [0.1, 0.15) is 11.2 Å². The van der Waals surface area contributed by atoms with Crippen molar-refractivity contribution in [3.8, 4) is 0 Å². The van der Waals surface area contributed by atoms with Crippen LogP contribution in [-0.2, 0) is 14.9 Å². The molecule has 1 aromatic heterocycles. The molecule has 0 fully saturated rings. The van der Waals surface area contributed by atoms with E-state index in [-0.39, 0.29) is 11.3 Å². The molecule has 0 spiro atoms. The average molecular weight is 340 g/mol. The maximum Gasteiger partial charge on any atom is 0.427 e. The number of carbonyl (C=O) groups excluding carboxylic acids is 2. The number of amides is 2.